The lowest BCUT2D eigenvalue weighted by Crippen LogP contribution is -2.38. The number of aromatic hydroxyl groups is 1. The highest BCUT2D eigenvalue weighted by Gasteiger charge is 2.30. The predicted molar refractivity (Wildman–Crippen MR) is 106 cm³/mol. The van der Waals surface area contributed by atoms with Crippen LogP contribution in [-0.2, 0) is 4.79 Å². The average molecular weight is 395 g/mol. The molecule has 7 nitrogen and oxygen atoms in total. The molecule has 4 rings (SSSR count). The zero-order valence-electron chi connectivity index (χ0n) is 15.3. The van der Waals surface area contributed by atoms with Crippen molar-refractivity contribution in [3.63, 3.8) is 0 Å². The average Bonchev–Trinajstić information content (AvgIpc) is 3.21. The molecule has 2 heterocycles. The number of tetrazole rings is 1. The largest absolute Gasteiger partial charge is 0.508 e. The number of aromatic nitrogens is 4. The molecule has 1 aliphatic rings. The smallest absolute Gasteiger partial charge is 0.240 e. The van der Waals surface area contributed by atoms with Crippen LogP contribution in [0.25, 0.3) is 5.69 Å². The van der Waals surface area contributed by atoms with Crippen molar-refractivity contribution in [2.45, 2.75) is 29.7 Å². The van der Waals surface area contributed by atoms with Crippen LogP contribution in [-0.4, -0.2) is 49.2 Å². The third-order valence-electron chi connectivity index (χ3n) is 4.75. The van der Waals surface area contributed by atoms with Crippen LogP contribution in [0.5, 0.6) is 5.75 Å². The molecular weight excluding hydrogens is 374 g/mol. The van der Waals surface area contributed by atoms with Crippen LogP contribution in [0.1, 0.15) is 30.1 Å². The van der Waals surface area contributed by atoms with Crippen molar-refractivity contribution in [1.29, 1.82) is 0 Å². The third-order valence-corrected chi connectivity index (χ3v) is 5.93. The minimum absolute atomic E-state index is 0.0937. The third kappa shape index (κ3) is 4.01. The number of rotatable bonds is 5. The van der Waals surface area contributed by atoms with Gasteiger partial charge in [0.05, 0.1) is 5.69 Å². The summed E-state index contributed by atoms with van der Waals surface area (Å²) in [6, 6.07) is 16.4. The molecule has 1 amide bonds. The van der Waals surface area contributed by atoms with Crippen molar-refractivity contribution in [1.82, 2.24) is 25.1 Å². The van der Waals surface area contributed by atoms with Crippen LogP contribution < -0.4 is 0 Å². The van der Waals surface area contributed by atoms with Gasteiger partial charge < -0.3 is 10.0 Å². The maximum Gasteiger partial charge on any atom is 0.240 e. The van der Waals surface area contributed by atoms with Gasteiger partial charge in [-0.05, 0) is 59.5 Å². The number of piperidine rings is 1. The molecule has 0 bridgehead atoms. The summed E-state index contributed by atoms with van der Waals surface area (Å²) in [5, 5.41) is 21.6. The molecule has 1 fully saturated rings. The molecule has 2 aromatic carbocycles. The van der Waals surface area contributed by atoms with Gasteiger partial charge in [-0.1, -0.05) is 42.1 Å². The maximum absolute atomic E-state index is 13.3. The first-order valence-corrected chi connectivity index (χ1v) is 10.2. The zero-order chi connectivity index (χ0) is 19.3. The number of carbonyl (C=O) groups is 1. The SMILES string of the molecule is O=C(C(Sc1nnnn1-c1ccc(O)cc1)c1ccccc1)N1CCCCC1. The van der Waals surface area contributed by atoms with Gasteiger partial charge in [0.15, 0.2) is 0 Å². The van der Waals surface area contributed by atoms with E-state index in [0.29, 0.717) is 5.16 Å². The zero-order valence-corrected chi connectivity index (χ0v) is 16.1. The van der Waals surface area contributed by atoms with Gasteiger partial charge in [0.25, 0.3) is 0 Å². The molecule has 0 radical (unpaired) electrons. The van der Waals surface area contributed by atoms with Crippen LogP contribution in [0.15, 0.2) is 59.8 Å². The minimum Gasteiger partial charge on any atom is -0.508 e. The van der Waals surface area contributed by atoms with Crippen molar-refractivity contribution >= 4 is 17.7 Å². The summed E-state index contributed by atoms with van der Waals surface area (Å²) < 4.78 is 1.59. The Morgan fingerprint density at radius 2 is 1.71 bits per heavy atom. The van der Waals surface area contributed by atoms with Gasteiger partial charge in [0.2, 0.25) is 11.1 Å². The van der Waals surface area contributed by atoms with Crippen molar-refractivity contribution in [2.75, 3.05) is 13.1 Å². The number of hydrogen-bond acceptors (Lipinski definition) is 6. The summed E-state index contributed by atoms with van der Waals surface area (Å²) in [5.74, 6) is 0.268. The molecule has 0 saturated carbocycles. The Morgan fingerprint density at radius 1 is 1.00 bits per heavy atom. The summed E-state index contributed by atoms with van der Waals surface area (Å²) in [4.78, 5) is 15.3. The first kappa shape index (κ1) is 18.5. The lowest BCUT2D eigenvalue weighted by atomic mass is 10.1. The molecular formula is C20H21N5O2S. The van der Waals surface area contributed by atoms with Crippen molar-refractivity contribution in [2.24, 2.45) is 0 Å². The van der Waals surface area contributed by atoms with E-state index < -0.39 is 5.25 Å². The predicted octanol–water partition coefficient (Wildman–Crippen LogP) is 3.21. The van der Waals surface area contributed by atoms with E-state index >= 15 is 0 Å². The second-order valence-electron chi connectivity index (χ2n) is 6.68. The monoisotopic (exact) mass is 395 g/mol. The molecule has 1 aliphatic heterocycles. The topological polar surface area (TPSA) is 84.1 Å². The Bertz CT molecular complexity index is 923. The number of thioether (sulfide) groups is 1. The maximum atomic E-state index is 13.3. The molecule has 0 spiro atoms. The number of hydrogen-bond donors (Lipinski definition) is 1. The highest BCUT2D eigenvalue weighted by atomic mass is 32.2. The molecule has 8 heteroatoms. The second kappa shape index (κ2) is 8.43. The molecule has 144 valence electrons. The standard InChI is InChI=1S/C20H21N5O2S/c26-17-11-9-16(10-12-17)25-20(21-22-23-25)28-18(15-7-3-1-4-8-15)19(27)24-13-5-2-6-14-24/h1,3-4,7-12,18,26H,2,5-6,13-14H2. The van der Waals surface area contributed by atoms with Gasteiger partial charge in [0, 0.05) is 13.1 Å². The normalized spacial score (nSPS) is 15.4. The van der Waals surface area contributed by atoms with Gasteiger partial charge >= 0.3 is 0 Å². The molecule has 1 aromatic heterocycles. The molecule has 1 N–H and O–H groups in total. The lowest BCUT2D eigenvalue weighted by molar-refractivity contribution is -0.131. The number of carbonyl (C=O) groups excluding carboxylic acids is 1. The van der Waals surface area contributed by atoms with Gasteiger partial charge in [-0.25, -0.2) is 0 Å². The van der Waals surface area contributed by atoms with E-state index in [4.69, 9.17) is 0 Å². The number of amides is 1. The van der Waals surface area contributed by atoms with E-state index in [1.54, 1.807) is 28.9 Å². The summed E-state index contributed by atoms with van der Waals surface area (Å²) in [6.07, 6.45) is 3.26. The van der Waals surface area contributed by atoms with Crippen molar-refractivity contribution in [3.05, 3.63) is 60.2 Å². The lowest BCUT2D eigenvalue weighted by Gasteiger charge is -2.30. The fourth-order valence-corrected chi connectivity index (χ4v) is 4.36. The number of nitrogens with zero attached hydrogens (tertiary/aromatic N) is 5. The van der Waals surface area contributed by atoms with Crippen molar-refractivity contribution in [3.8, 4) is 11.4 Å². The molecule has 28 heavy (non-hydrogen) atoms. The number of likely N-dealkylation sites (tertiary alicyclic amines) is 1. The summed E-state index contributed by atoms with van der Waals surface area (Å²) in [6.45, 7) is 1.59. The highest BCUT2D eigenvalue weighted by molar-refractivity contribution is 8.00. The second-order valence-corrected chi connectivity index (χ2v) is 7.76. The Kier molecular flexibility index (Phi) is 5.57. The Morgan fingerprint density at radius 3 is 2.43 bits per heavy atom. The number of phenolic OH excluding ortho intramolecular Hbond substituents is 1. The summed E-state index contributed by atoms with van der Waals surface area (Å²) >= 11 is 1.35. The van der Waals surface area contributed by atoms with Gasteiger partial charge in [-0.3, -0.25) is 4.79 Å². The minimum atomic E-state index is -0.416. The summed E-state index contributed by atoms with van der Waals surface area (Å²) in [7, 11) is 0. The summed E-state index contributed by atoms with van der Waals surface area (Å²) in [5.41, 5.74) is 1.66. The van der Waals surface area contributed by atoms with Crippen LogP contribution >= 0.6 is 11.8 Å². The van der Waals surface area contributed by atoms with E-state index in [1.807, 2.05) is 35.2 Å². The van der Waals surface area contributed by atoms with E-state index in [2.05, 4.69) is 15.5 Å². The van der Waals surface area contributed by atoms with Crippen LogP contribution in [0, 0.1) is 0 Å². The van der Waals surface area contributed by atoms with E-state index in [-0.39, 0.29) is 11.7 Å². The quantitative estimate of drug-likeness (QED) is 0.668. The van der Waals surface area contributed by atoms with E-state index in [0.717, 1.165) is 37.2 Å². The van der Waals surface area contributed by atoms with E-state index in [9.17, 15) is 9.90 Å². The van der Waals surface area contributed by atoms with Gasteiger partial charge in [-0.15, -0.1) is 5.10 Å². The van der Waals surface area contributed by atoms with Crippen LogP contribution in [0.2, 0.25) is 0 Å². The Balaban J connectivity index is 1.64. The molecule has 0 aliphatic carbocycles. The first-order valence-electron chi connectivity index (χ1n) is 9.30. The number of benzene rings is 2. The molecule has 1 saturated heterocycles. The van der Waals surface area contributed by atoms with Crippen LogP contribution in [0.3, 0.4) is 0 Å². The van der Waals surface area contributed by atoms with E-state index in [1.165, 1.54) is 18.2 Å². The fraction of sp³-hybridized carbons (Fsp3) is 0.300. The first-order chi connectivity index (χ1) is 13.7. The van der Waals surface area contributed by atoms with Crippen molar-refractivity contribution < 1.29 is 9.90 Å². The highest BCUT2D eigenvalue weighted by Crippen LogP contribution is 2.36. The van der Waals surface area contributed by atoms with Crippen LogP contribution in [0.4, 0.5) is 0 Å². The Hall–Kier alpha value is -2.87. The number of phenols is 1. The fourth-order valence-electron chi connectivity index (χ4n) is 3.28. The molecule has 1 unspecified atom stereocenters. The molecule has 3 aromatic rings. The Labute approximate surface area is 167 Å². The van der Waals surface area contributed by atoms with Gasteiger partial charge in [-0.2, -0.15) is 4.68 Å². The van der Waals surface area contributed by atoms with Gasteiger partial charge in [0.1, 0.15) is 11.0 Å². The molecule has 1 atom stereocenters.